The van der Waals surface area contributed by atoms with Crippen molar-refractivity contribution >= 4 is 0 Å². The quantitative estimate of drug-likeness (QED) is 0.703. The molecule has 0 radical (unpaired) electrons. The van der Waals surface area contributed by atoms with E-state index in [9.17, 15) is 5.11 Å². The van der Waals surface area contributed by atoms with E-state index in [0.717, 1.165) is 18.8 Å². The van der Waals surface area contributed by atoms with E-state index in [4.69, 9.17) is 0 Å². The standard InChI is InChI=1S/C14H29NO/c1-4-8-12-10-6-7-11-13(12)15(3)14(16)9-5-2/h12-14,16H,4-11H2,1-3H3. The van der Waals surface area contributed by atoms with Crippen LogP contribution in [0.4, 0.5) is 0 Å². The SMILES string of the molecule is CCCC1CCCCC1N(C)C(O)CCC. The lowest BCUT2D eigenvalue weighted by Gasteiger charge is -2.40. The van der Waals surface area contributed by atoms with Crippen LogP contribution in [0.1, 0.15) is 65.2 Å². The lowest BCUT2D eigenvalue weighted by molar-refractivity contribution is -0.0392. The van der Waals surface area contributed by atoms with Gasteiger partial charge in [0.1, 0.15) is 6.23 Å². The molecule has 3 unspecified atom stereocenters. The molecule has 16 heavy (non-hydrogen) atoms. The molecule has 0 bridgehead atoms. The van der Waals surface area contributed by atoms with Gasteiger partial charge in [0.05, 0.1) is 0 Å². The van der Waals surface area contributed by atoms with Crippen molar-refractivity contribution in [2.24, 2.45) is 5.92 Å². The monoisotopic (exact) mass is 227 g/mol. The van der Waals surface area contributed by atoms with E-state index in [2.05, 4.69) is 25.8 Å². The molecule has 2 nitrogen and oxygen atoms in total. The van der Waals surface area contributed by atoms with Crippen LogP contribution in [0, 0.1) is 5.92 Å². The maximum absolute atomic E-state index is 10.1. The van der Waals surface area contributed by atoms with Crippen LogP contribution in [0.3, 0.4) is 0 Å². The van der Waals surface area contributed by atoms with Gasteiger partial charge in [0.15, 0.2) is 0 Å². The Morgan fingerprint density at radius 3 is 2.50 bits per heavy atom. The van der Waals surface area contributed by atoms with Crippen LogP contribution in [0.25, 0.3) is 0 Å². The third kappa shape index (κ3) is 3.74. The number of aliphatic hydroxyl groups is 1. The molecular weight excluding hydrogens is 198 g/mol. The van der Waals surface area contributed by atoms with Crippen LogP contribution in [-0.2, 0) is 0 Å². The van der Waals surface area contributed by atoms with Gasteiger partial charge >= 0.3 is 0 Å². The van der Waals surface area contributed by atoms with Crippen LogP contribution in [0.15, 0.2) is 0 Å². The molecule has 2 heteroatoms. The first kappa shape index (κ1) is 14.0. The van der Waals surface area contributed by atoms with E-state index in [1.807, 2.05) is 0 Å². The summed E-state index contributed by atoms with van der Waals surface area (Å²) in [6, 6.07) is 0.621. The normalized spacial score (nSPS) is 28.3. The Morgan fingerprint density at radius 1 is 1.19 bits per heavy atom. The third-order valence-electron chi connectivity index (χ3n) is 4.07. The lowest BCUT2D eigenvalue weighted by atomic mass is 9.81. The van der Waals surface area contributed by atoms with Gasteiger partial charge in [0.2, 0.25) is 0 Å². The Labute approximate surface area is 101 Å². The molecule has 0 saturated heterocycles. The molecule has 1 aliphatic carbocycles. The first-order valence-corrected chi connectivity index (χ1v) is 7.10. The molecule has 1 rings (SSSR count). The molecule has 0 aromatic heterocycles. The van der Waals surface area contributed by atoms with Crippen LogP contribution in [0.2, 0.25) is 0 Å². The summed E-state index contributed by atoms with van der Waals surface area (Å²) in [5.74, 6) is 0.815. The Morgan fingerprint density at radius 2 is 1.88 bits per heavy atom. The fraction of sp³-hybridized carbons (Fsp3) is 1.00. The lowest BCUT2D eigenvalue weighted by Crippen LogP contribution is -2.45. The van der Waals surface area contributed by atoms with E-state index >= 15 is 0 Å². The summed E-state index contributed by atoms with van der Waals surface area (Å²) in [5.41, 5.74) is 0. The van der Waals surface area contributed by atoms with Crippen molar-refractivity contribution in [2.75, 3.05) is 7.05 Å². The molecule has 0 amide bonds. The highest BCUT2D eigenvalue weighted by Gasteiger charge is 2.30. The first-order chi connectivity index (χ1) is 7.70. The smallest absolute Gasteiger partial charge is 0.107 e. The fourth-order valence-electron chi connectivity index (χ4n) is 3.11. The highest BCUT2D eigenvalue weighted by Crippen LogP contribution is 2.32. The largest absolute Gasteiger partial charge is 0.378 e. The van der Waals surface area contributed by atoms with Gasteiger partial charge in [-0.05, 0) is 38.6 Å². The van der Waals surface area contributed by atoms with E-state index in [1.54, 1.807) is 0 Å². The molecule has 0 aliphatic heterocycles. The summed E-state index contributed by atoms with van der Waals surface area (Å²) >= 11 is 0. The molecule has 1 aliphatic rings. The average Bonchev–Trinajstić information content (AvgIpc) is 2.29. The number of rotatable bonds is 6. The zero-order chi connectivity index (χ0) is 12.0. The zero-order valence-corrected chi connectivity index (χ0v) is 11.3. The predicted molar refractivity (Wildman–Crippen MR) is 69.3 cm³/mol. The van der Waals surface area contributed by atoms with Crippen LogP contribution >= 0.6 is 0 Å². The Hall–Kier alpha value is -0.0800. The Kier molecular flexibility index (Phi) is 6.37. The predicted octanol–water partition coefficient (Wildman–Crippen LogP) is 3.40. The van der Waals surface area contributed by atoms with Gasteiger partial charge in [0, 0.05) is 6.04 Å². The number of hydrogen-bond donors (Lipinski definition) is 1. The highest BCUT2D eigenvalue weighted by atomic mass is 16.3. The fourth-order valence-corrected chi connectivity index (χ4v) is 3.11. The molecule has 1 saturated carbocycles. The number of hydrogen-bond acceptors (Lipinski definition) is 2. The molecule has 1 fully saturated rings. The van der Waals surface area contributed by atoms with E-state index in [1.165, 1.54) is 38.5 Å². The van der Waals surface area contributed by atoms with Gasteiger partial charge in [-0.25, -0.2) is 0 Å². The van der Waals surface area contributed by atoms with Crippen LogP contribution in [-0.4, -0.2) is 29.3 Å². The summed E-state index contributed by atoms with van der Waals surface area (Å²) in [6.45, 7) is 4.41. The minimum Gasteiger partial charge on any atom is -0.378 e. The third-order valence-corrected chi connectivity index (χ3v) is 4.07. The second-order valence-corrected chi connectivity index (χ2v) is 5.34. The summed E-state index contributed by atoms with van der Waals surface area (Å²) in [6.07, 6.45) is 9.72. The van der Waals surface area contributed by atoms with Crippen molar-refractivity contribution in [1.82, 2.24) is 4.90 Å². The van der Waals surface area contributed by atoms with Crippen LogP contribution < -0.4 is 0 Å². The second-order valence-electron chi connectivity index (χ2n) is 5.34. The van der Waals surface area contributed by atoms with Crippen molar-refractivity contribution < 1.29 is 5.11 Å². The van der Waals surface area contributed by atoms with Crippen LogP contribution in [0.5, 0.6) is 0 Å². The minimum absolute atomic E-state index is 0.229. The van der Waals surface area contributed by atoms with E-state index < -0.39 is 0 Å². The molecular formula is C14H29NO. The average molecular weight is 227 g/mol. The molecule has 0 spiro atoms. The minimum atomic E-state index is -0.229. The summed E-state index contributed by atoms with van der Waals surface area (Å²) in [5, 5.41) is 10.1. The molecule has 1 N–H and O–H groups in total. The highest BCUT2D eigenvalue weighted by molar-refractivity contribution is 4.82. The zero-order valence-electron chi connectivity index (χ0n) is 11.3. The van der Waals surface area contributed by atoms with E-state index in [0.29, 0.717) is 6.04 Å². The Balaban J connectivity index is 2.52. The van der Waals surface area contributed by atoms with Gasteiger partial charge in [-0.2, -0.15) is 0 Å². The molecule has 3 atom stereocenters. The molecule has 0 aromatic carbocycles. The molecule has 0 heterocycles. The van der Waals surface area contributed by atoms with Crippen molar-refractivity contribution in [3.8, 4) is 0 Å². The van der Waals surface area contributed by atoms with Crippen molar-refractivity contribution in [3.63, 3.8) is 0 Å². The van der Waals surface area contributed by atoms with Crippen molar-refractivity contribution in [3.05, 3.63) is 0 Å². The van der Waals surface area contributed by atoms with Crippen molar-refractivity contribution in [2.45, 2.75) is 77.5 Å². The second kappa shape index (κ2) is 7.29. The van der Waals surface area contributed by atoms with E-state index in [-0.39, 0.29) is 6.23 Å². The number of nitrogens with zero attached hydrogens (tertiary/aromatic N) is 1. The molecule has 0 aromatic rings. The summed E-state index contributed by atoms with van der Waals surface area (Å²) in [4.78, 5) is 2.24. The van der Waals surface area contributed by atoms with Gasteiger partial charge in [-0.15, -0.1) is 0 Å². The van der Waals surface area contributed by atoms with Gasteiger partial charge < -0.3 is 5.11 Å². The van der Waals surface area contributed by atoms with Gasteiger partial charge in [-0.3, -0.25) is 4.90 Å². The summed E-state index contributed by atoms with van der Waals surface area (Å²) in [7, 11) is 2.11. The van der Waals surface area contributed by atoms with Crippen molar-refractivity contribution in [1.29, 1.82) is 0 Å². The van der Waals surface area contributed by atoms with Gasteiger partial charge in [-0.1, -0.05) is 39.5 Å². The Bertz CT molecular complexity index is 182. The first-order valence-electron chi connectivity index (χ1n) is 7.10. The molecule has 96 valence electrons. The number of aliphatic hydroxyl groups excluding tert-OH is 1. The van der Waals surface area contributed by atoms with Gasteiger partial charge in [0.25, 0.3) is 0 Å². The topological polar surface area (TPSA) is 23.5 Å². The maximum atomic E-state index is 10.1. The summed E-state index contributed by atoms with van der Waals surface area (Å²) < 4.78 is 0. The maximum Gasteiger partial charge on any atom is 0.107 e.